The van der Waals surface area contributed by atoms with E-state index in [1.54, 1.807) is 12.1 Å². The zero-order valence-corrected chi connectivity index (χ0v) is 26.6. The maximum Gasteiger partial charge on any atom is 0.345 e. The third-order valence-corrected chi connectivity index (χ3v) is 7.70. The molecule has 0 spiro atoms. The van der Waals surface area contributed by atoms with Crippen LogP contribution in [0.15, 0.2) is 60.7 Å². The van der Waals surface area contributed by atoms with Crippen molar-refractivity contribution in [3.63, 3.8) is 0 Å². The number of nitro benzene ring substituents is 1. The van der Waals surface area contributed by atoms with E-state index in [1.165, 1.54) is 50.2 Å². The number of nitro groups is 1. The van der Waals surface area contributed by atoms with Gasteiger partial charge in [-0.3, -0.25) is 10.1 Å². The van der Waals surface area contributed by atoms with E-state index in [2.05, 4.69) is 38.1 Å². The van der Waals surface area contributed by atoms with Gasteiger partial charge in [0.15, 0.2) is 5.75 Å². The Morgan fingerprint density at radius 2 is 1.41 bits per heavy atom. The molecule has 0 aromatic heterocycles. The number of anilines is 1. The minimum Gasteiger partial charge on any atom is -0.484 e. The van der Waals surface area contributed by atoms with Crippen LogP contribution in [0, 0.1) is 10.1 Å². The first-order valence-corrected chi connectivity index (χ1v) is 16.1. The number of hydrogen-bond acceptors (Lipinski definition) is 6. The summed E-state index contributed by atoms with van der Waals surface area (Å²) in [5.74, 6) is -0.404. The normalized spacial score (nSPS) is 11.9. The van der Waals surface area contributed by atoms with Crippen LogP contribution in [0.4, 0.5) is 11.4 Å². The minimum atomic E-state index is -0.769. The number of benzene rings is 3. The molecule has 3 rings (SSSR count). The van der Waals surface area contributed by atoms with Gasteiger partial charge in [-0.25, -0.2) is 4.79 Å². The van der Waals surface area contributed by atoms with Crippen molar-refractivity contribution in [2.45, 2.75) is 104 Å². The fraction of sp³-hybridized carbons (Fsp3) is 0.432. The van der Waals surface area contributed by atoms with E-state index in [0.717, 1.165) is 55.7 Å². The number of rotatable bonds is 19. The van der Waals surface area contributed by atoms with Gasteiger partial charge in [0, 0.05) is 12.1 Å². The Hall–Kier alpha value is -4.13. The predicted molar refractivity (Wildman–Crippen MR) is 180 cm³/mol. The first kappa shape index (κ1) is 34.4. The Morgan fingerprint density at radius 3 is 2.02 bits per heavy atom. The molecule has 0 aliphatic heterocycles. The van der Waals surface area contributed by atoms with Crippen molar-refractivity contribution in [2.75, 3.05) is 5.73 Å². The standard InChI is InChI=1S/C37H48N2O5/c1-4-6-8-10-11-13-15-29-16-18-30(19-17-29)20-21-31-22-24-32(25-23-31)44-37(40)33-26-35(39(41)42)36(27-34(33)38)43-28(3)14-12-9-7-5-2/h16-28H,4-15,38H2,1-3H3/t28-/m1/s1. The first-order chi connectivity index (χ1) is 21.3. The monoisotopic (exact) mass is 600 g/mol. The van der Waals surface area contributed by atoms with Crippen LogP contribution < -0.4 is 15.2 Å². The number of nitrogens with two attached hydrogens (primary N) is 1. The summed E-state index contributed by atoms with van der Waals surface area (Å²) in [6.45, 7) is 6.26. The number of hydrogen-bond donors (Lipinski definition) is 1. The Balaban J connectivity index is 1.56. The number of aryl methyl sites for hydroxylation is 1. The number of carbonyl (C=O) groups is 1. The molecule has 0 saturated carbocycles. The smallest absolute Gasteiger partial charge is 0.345 e. The minimum absolute atomic E-state index is 0.0515. The molecule has 0 saturated heterocycles. The molecule has 0 heterocycles. The summed E-state index contributed by atoms with van der Waals surface area (Å²) < 4.78 is 11.3. The second-order valence-corrected chi connectivity index (χ2v) is 11.5. The van der Waals surface area contributed by atoms with Gasteiger partial charge in [-0.15, -0.1) is 0 Å². The highest BCUT2D eigenvalue weighted by atomic mass is 16.6. The highest BCUT2D eigenvalue weighted by molar-refractivity contribution is 5.97. The Bertz CT molecular complexity index is 1350. The van der Waals surface area contributed by atoms with Crippen molar-refractivity contribution in [2.24, 2.45) is 0 Å². The second-order valence-electron chi connectivity index (χ2n) is 11.5. The number of nitrogen functional groups attached to an aromatic ring is 1. The van der Waals surface area contributed by atoms with Gasteiger partial charge >= 0.3 is 11.7 Å². The van der Waals surface area contributed by atoms with Gasteiger partial charge in [0.2, 0.25) is 0 Å². The number of esters is 1. The van der Waals surface area contributed by atoms with Gasteiger partial charge in [0.25, 0.3) is 0 Å². The summed E-state index contributed by atoms with van der Waals surface area (Å²) in [6, 6.07) is 18.2. The molecule has 0 unspecified atom stereocenters. The quantitative estimate of drug-likeness (QED) is 0.0279. The molecule has 0 radical (unpaired) electrons. The van der Waals surface area contributed by atoms with Crippen molar-refractivity contribution in [3.8, 4) is 11.5 Å². The van der Waals surface area contributed by atoms with E-state index in [0.29, 0.717) is 5.75 Å². The van der Waals surface area contributed by atoms with Crippen LogP contribution in [0.1, 0.15) is 118 Å². The molecule has 7 heteroatoms. The lowest BCUT2D eigenvalue weighted by atomic mass is 10.0. The third-order valence-electron chi connectivity index (χ3n) is 7.70. The maximum atomic E-state index is 12.9. The van der Waals surface area contributed by atoms with Crippen LogP contribution in [-0.4, -0.2) is 17.0 Å². The van der Waals surface area contributed by atoms with E-state index in [9.17, 15) is 14.9 Å². The Kier molecular flexibility index (Phi) is 14.5. The lowest BCUT2D eigenvalue weighted by molar-refractivity contribution is -0.386. The van der Waals surface area contributed by atoms with Crippen LogP contribution >= 0.6 is 0 Å². The van der Waals surface area contributed by atoms with Gasteiger partial charge in [-0.2, -0.15) is 0 Å². The summed E-state index contributed by atoms with van der Waals surface area (Å²) in [6.07, 6.45) is 17.9. The molecule has 3 aromatic carbocycles. The van der Waals surface area contributed by atoms with Crippen molar-refractivity contribution in [3.05, 3.63) is 93.0 Å². The molecule has 44 heavy (non-hydrogen) atoms. The fourth-order valence-corrected chi connectivity index (χ4v) is 5.04. The highest BCUT2D eigenvalue weighted by Crippen LogP contribution is 2.34. The van der Waals surface area contributed by atoms with E-state index >= 15 is 0 Å². The van der Waals surface area contributed by atoms with Crippen LogP contribution in [0.5, 0.6) is 11.5 Å². The maximum absolute atomic E-state index is 12.9. The average molecular weight is 601 g/mol. The summed E-state index contributed by atoms with van der Waals surface area (Å²) >= 11 is 0. The van der Waals surface area contributed by atoms with Crippen LogP contribution in [0.2, 0.25) is 0 Å². The lowest BCUT2D eigenvalue weighted by Gasteiger charge is -2.16. The van der Waals surface area contributed by atoms with Crippen molar-refractivity contribution < 1.29 is 19.2 Å². The SMILES string of the molecule is CCCCCCCCc1ccc(C=Cc2ccc(OC(=O)c3cc([N+](=O)[O-])c(O[C@H](C)CCCCCC)cc3N)cc2)cc1. The number of unbranched alkanes of at least 4 members (excludes halogenated alkanes) is 8. The highest BCUT2D eigenvalue weighted by Gasteiger charge is 2.24. The molecule has 7 nitrogen and oxygen atoms in total. The molecule has 0 fully saturated rings. The number of carbonyl (C=O) groups excluding carboxylic acids is 1. The summed E-state index contributed by atoms with van der Waals surface area (Å²) in [5, 5.41) is 11.8. The molecular formula is C37H48N2O5. The van der Waals surface area contributed by atoms with E-state index in [-0.39, 0.29) is 28.8 Å². The number of nitrogens with zero attached hydrogens (tertiary/aromatic N) is 1. The summed E-state index contributed by atoms with van der Waals surface area (Å²) in [4.78, 5) is 24.1. The van der Waals surface area contributed by atoms with Crippen LogP contribution in [-0.2, 0) is 6.42 Å². The zero-order valence-electron chi connectivity index (χ0n) is 26.6. The predicted octanol–water partition coefficient (Wildman–Crippen LogP) is 10.2. The Labute approximate surface area is 262 Å². The van der Waals surface area contributed by atoms with E-state index in [1.807, 2.05) is 31.2 Å². The third kappa shape index (κ3) is 11.5. The van der Waals surface area contributed by atoms with Gasteiger partial charge in [0.05, 0.1) is 22.3 Å². The van der Waals surface area contributed by atoms with E-state index in [4.69, 9.17) is 15.2 Å². The average Bonchev–Trinajstić information content (AvgIpc) is 3.01. The molecule has 236 valence electrons. The fourth-order valence-electron chi connectivity index (χ4n) is 5.04. The van der Waals surface area contributed by atoms with Gasteiger partial charge in [0.1, 0.15) is 5.75 Å². The molecule has 3 aromatic rings. The summed E-state index contributed by atoms with van der Waals surface area (Å²) in [5.41, 5.74) is 9.21. The molecule has 0 bridgehead atoms. The van der Waals surface area contributed by atoms with Gasteiger partial charge in [-0.05, 0) is 61.4 Å². The van der Waals surface area contributed by atoms with Crippen molar-refractivity contribution in [1.29, 1.82) is 0 Å². The molecule has 0 aliphatic carbocycles. The molecular weight excluding hydrogens is 552 g/mol. The lowest BCUT2D eigenvalue weighted by Crippen LogP contribution is -2.15. The number of ether oxygens (including phenoxy) is 2. The first-order valence-electron chi connectivity index (χ1n) is 16.1. The molecule has 0 amide bonds. The largest absolute Gasteiger partial charge is 0.484 e. The van der Waals surface area contributed by atoms with E-state index < -0.39 is 10.9 Å². The van der Waals surface area contributed by atoms with Gasteiger partial charge in [-0.1, -0.05) is 114 Å². The zero-order chi connectivity index (χ0) is 31.7. The summed E-state index contributed by atoms with van der Waals surface area (Å²) in [7, 11) is 0. The van der Waals surface area contributed by atoms with Gasteiger partial charge < -0.3 is 15.2 Å². The van der Waals surface area contributed by atoms with Crippen LogP contribution in [0.25, 0.3) is 12.2 Å². The van der Waals surface area contributed by atoms with Crippen LogP contribution in [0.3, 0.4) is 0 Å². The topological polar surface area (TPSA) is 105 Å². The van der Waals surface area contributed by atoms with Crippen molar-refractivity contribution in [1.82, 2.24) is 0 Å². The molecule has 2 N–H and O–H groups in total. The second kappa shape index (κ2) is 18.5. The Morgan fingerprint density at radius 1 is 0.841 bits per heavy atom. The van der Waals surface area contributed by atoms with Crippen molar-refractivity contribution >= 4 is 29.5 Å². The molecule has 0 aliphatic rings. The molecule has 1 atom stereocenters.